The number of aliphatic hydroxyl groups excluding tert-OH is 1. The van der Waals surface area contributed by atoms with Gasteiger partial charge in [0.05, 0.1) is 5.60 Å². The van der Waals surface area contributed by atoms with Gasteiger partial charge in [-0.15, -0.1) is 0 Å². The van der Waals surface area contributed by atoms with E-state index in [0.29, 0.717) is 5.92 Å². The molecule has 0 amide bonds. The van der Waals surface area contributed by atoms with Crippen LogP contribution >= 0.6 is 0 Å². The van der Waals surface area contributed by atoms with E-state index in [1.165, 1.54) is 12.0 Å². The van der Waals surface area contributed by atoms with Gasteiger partial charge in [0.1, 0.15) is 6.10 Å². The van der Waals surface area contributed by atoms with Crippen LogP contribution in [0, 0.1) is 5.92 Å². The average molecular weight is 290 g/mol. The molecule has 1 aromatic carbocycles. The molecule has 1 aliphatic carbocycles. The molecule has 1 fully saturated rings. The highest BCUT2D eigenvalue weighted by Gasteiger charge is 2.42. The largest absolute Gasteiger partial charge is 0.385 e. The van der Waals surface area contributed by atoms with E-state index >= 15 is 0 Å². The number of benzene rings is 1. The summed E-state index contributed by atoms with van der Waals surface area (Å²) in [5.74, 6) is 0.613. The molecular formula is C19H30O2. The van der Waals surface area contributed by atoms with Crippen molar-refractivity contribution in [3.63, 3.8) is 0 Å². The Hall–Kier alpha value is -0.860. The van der Waals surface area contributed by atoms with Gasteiger partial charge in [-0.2, -0.15) is 0 Å². The summed E-state index contributed by atoms with van der Waals surface area (Å²) in [5, 5.41) is 10.9. The predicted octanol–water partition coefficient (Wildman–Crippen LogP) is 4.61. The highest BCUT2D eigenvalue weighted by atomic mass is 16.5. The van der Waals surface area contributed by atoms with Gasteiger partial charge in [0.15, 0.2) is 0 Å². The molecule has 1 aliphatic rings. The molecule has 1 saturated carbocycles. The highest BCUT2D eigenvalue weighted by molar-refractivity contribution is 5.30. The van der Waals surface area contributed by atoms with Crippen LogP contribution in [-0.4, -0.2) is 17.8 Å². The molecule has 0 aliphatic heterocycles. The molecule has 3 unspecified atom stereocenters. The van der Waals surface area contributed by atoms with Crippen molar-refractivity contribution in [3.8, 4) is 0 Å². The number of aliphatic hydroxyl groups is 1. The maximum absolute atomic E-state index is 10.9. The molecular weight excluding hydrogens is 260 g/mol. The normalized spacial score (nSPS) is 28.4. The van der Waals surface area contributed by atoms with Gasteiger partial charge in [0.2, 0.25) is 0 Å². The number of ether oxygens (including phenoxy) is 1. The lowest BCUT2D eigenvalue weighted by Gasteiger charge is -2.42. The summed E-state index contributed by atoms with van der Waals surface area (Å²) in [6, 6.07) is 8.39. The molecule has 1 N–H and O–H groups in total. The molecule has 0 bridgehead atoms. The topological polar surface area (TPSA) is 29.5 Å². The van der Waals surface area contributed by atoms with E-state index in [4.69, 9.17) is 4.74 Å². The van der Waals surface area contributed by atoms with Gasteiger partial charge in [-0.25, -0.2) is 0 Å². The van der Waals surface area contributed by atoms with E-state index in [0.717, 1.165) is 24.8 Å². The second-order valence-corrected chi connectivity index (χ2v) is 7.74. The lowest BCUT2D eigenvalue weighted by molar-refractivity contribution is -0.134. The molecule has 21 heavy (non-hydrogen) atoms. The van der Waals surface area contributed by atoms with Gasteiger partial charge in [0.25, 0.3) is 0 Å². The predicted molar refractivity (Wildman–Crippen MR) is 87.5 cm³/mol. The van der Waals surface area contributed by atoms with Crippen molar-refractivity contribution in [2.24, 2.45) is 5.92 Å². The lowest BCUT2D eigenvalue weighted by Crippen LogP contribution is -2.42. The number of hydrogen-bond acceptors (Lipinski definition) is 2. The van der Waals surface area contributed by atoms with Gasteiger partial charge in [-0.05, 0) is 35.3 Å². The Labute approximate surface area is 129 Å². The summed E-state index contributed by atoms with van der Waals surface area (Å²) in [6.45, 7) is 8.87. The summed E-state index contributed by atoms with van der Waals surface area (Å²) in [4.78, 5) is 0. The van der Waals surface area contributed by atoms with Gasteiger partial charge < -0.3 is 9.84 Å². The van der Waals surface area contributed by atoms with Gasteiger partial charge in [0, 0.05) is 7.11 Å². The van der Waals surface area contributed by atoms with Crippen LogP contribution in [0.2, 0.25) is 0 Å². The third-order valence-corrected chi connectivity index (χ3v) is 4.99. The molecule has 0 saturated heterocycles. The van der Waals surface area contributed by atoms with Gasteiger partial charge >= 0.3 is 0 Å². The van der Waals surface area contributed by atoms with Crippen molar-refractivity contribution in [3.05, 3.63) is 35.4 Å². The Morgan fingerprint density at radius 3 is 2.33 bits per heavy atom. The van der Waals surface area contributed by atoms with Crippen molar-refractivity contribution in [2.75, 3.05) is 7.11 Å². The van der Waals surface area contributed by atoms with E-state index in [1.54, 1.807) is 7.11 Å². The third kappa shape index (κ3) is 3.49. The molecule has 0 aromatic heterocycles. The zero-order valence-electron chi connectivity index (χ0n) is 14.1. The lowest BCUT2D eigenvalue weighted by atomic mass is 9.73. The Bertz CT molecular complexity index is 457. The summed E-state index contributed by atoms with van der Waals surface area (Å²) in [7, 11) is 1.74. The molecule has 2 rings (SSSR count). The quantitative estimate of drug-likeness (QED) is 0.880. The van der Waals surface area contributed by atoms with Crippen LogP contribution in [0.25, 0.3) is 0 Å². The fourth-order valence-electron chi connectivity index (χ4n) is 3.56. The number of rotatable bonds is 3. The molecule has 2 heteroatoms. The number of methoxy groups -OCH3 is 1. The molecule has 2 nitrogen and oxygen atoms in total. The second kappa shape index (κ2) is 6.10. The fourth-order valence-corrected chi connectivity index (χ4v) is 3.56. The average Bonchev–Trinajstić information content (AvgIpc) is 2.45. The molecule has 0 radical (unpaired) electrons. The standard InChI is InChI=1S/C19H30O2/c1-14-7-6-12-19(13-14,21-5)17(20)15-8-10-16(11-9-15)18(2,3)4/h8-11,14,17,20H,6-7,12-13H2,1-5H3. The first-order chi connectivity index (χ1) is 9.78. The first-order valence-corrected chi connectivity index (χ1v) is 8.12. The summed E-state index contributed by atoms with van der Waals surface area (Å²) in [5.41, 5.74) is 1.99. The van der Waals surface area contributed by atoms with Crippen LogP contribution < -0.4 is 0 Å². The molecule has 0 spiro atoms. The second-order valence-electron chi connectivity index (χ2n) is 7.74. The van der Waals surface area contributed by atoms with Crippen LogP contribution in [0.4, 0.5) is 0 Å². The highest BCUT2D eigenvalue weighted by Crippen LogP contribution is 2.43. The van der Waals surface area contributed by atoms with E-state index in [1.807, 2.05) is 0 Å². The fraction of sp³-hybridized carbons (Fsp3) is 0.684. The van der Waals surface area contributed by atoms with Crippen LogP contribution in [0.5, 0.6) is 0 Å². The summed E-state index contributed by atoms with van der Waals surface area (Å²) in [6.07, 6.45) is 3.70. The van der Waals surface area contributed by atoms with Gasteiger partial charge in [-0.1, -0.05) is 64.8 Å². The van der Waals surface area contributed by atoms with Crippen molar-refractivity contribution in [1.82, 2.24) is 0 Å². The molecule has 1 aromatic rings. The minimum Gasteiger partial charge on any atom is -0.385 e. The minimum atomic E-state index is -0.542. The van der Waals surface area contributed by atoms with Crippen molar-refractivity contribution in [2.45, 2.75) is 70.5 Å². The van der Waals surface area contributed by atoms with E-state index in [2.05, 4.69) is 52.0 Å². The van der Waals surface area contributed by atoms with Crippen LogP contribution in [0.3, 0.4) is 0 Å². The van der Waals surface area contributed by atoms with Crippen LogP contribution in [0.15, 0.2) is 24.3 Å². The van der Waals surface area contributed by atoms with Crippen molar-refractivity contribution < 1.29 is 9.84 Å². The maximum atomic E-state index is 10.9. The summed E-state index contributed by atoms with van der Waals surface area (Å²) < 4.78 is 5.81. The Morgan fingerprint density at radius 2 is 1.86 bits per heavy atom. The molecule has 0 heterocycles. The van der Waals surface area contributed by atoms with Crippen LogP contribution in [-0.2, 0) is 10.2 Å². The van der Waals surface area contributed by atoms with Crippen molar-refractivity contribution >= 4 is 0 Å². The Balaban J connectivity index is 2.23. The van der Waals surface area contributed by atoms with Gasteiger partial charge in [-0.3, -0.25) is 0 Å². The third-order valence-electron chi connectivity index (χ3n) is 4.99. The van der Waals surface area contributed by atoms with E-state index < -0.39 is 11.7 Å². The summed E-state index contributed by atoms with van der Waals surface area (Å²) >= 11 is 0. The molecule has 118 valence electrons. The van der Waals surface area contributed by atoms with E-state index in [-0.39, 0.29) is 5.41 Å². The minimum absolute atomic E-state index is 0.141. The SMILES string of the molecule is COC1(C(O)c2ccc(C(C)(C)C)cc2)CCCC(C)C1. The first kappa shape index (κ1) is 16.5. The monoisotopic (exact) mass is 290 g/mol. The number of hydrogen-bond donors (Lipinski definition) is 1. The Morgan fingerprint density at radius 1 is 1.24 bits per heavy atom. The zero-order valence-corrected chi connectivity index (χ0v) is 14.1. The first-order valence-electron chi connectivity index (χ1n) is 8.12. The zero-order chi connectivity index (χ0) is 15.7. The van der Waals surface area contributed by atoms with Crippen molar-refractivity contribution in [1.29, 1.82) is 0 Å². The maximum Gasteiger partial charge on any atom is 0.108 e. The Kier molecular flexibility index (Phi) is 4.79. The smallest absolute Gasteiger partial charge is 0.108 e. The molecule has 3 atom stereocenters. The van der Waals surface area contributed by atoms with Crippen LogP contribution in [0.1, 0.15) is 70.6 Å². The van der Waals surface area contributed by atoms with E-state index in [9.17, 15) is 5.11 Å².